The summed E-state index contributed by atoms with van der Waals surface area (Å²) in [5.41, 5.74) is 3.24. The number of hydroxylamine groups is 1. The third-order valence-electron chi connectivity index (χ3n) is 5.54. The Hall–Kier alpha value is -2.73. The summed E-state index contributed by atoms with van der Waals surface area (Å²) in [4.78, 5) is 30.4. The Morgan fingerprint density at radius 1 is 1.00 bits per heavy atom. The molecule has 2 amide bonds. The molecule has 2 N–H and O–H groups in total. The van der Waals surface area contributed by atoms with Crippen LogP contribution in [0.25, 0.3) is 0 Å². The zero-order valence-electron chi connectivity index (χ0n) is 17.2. The summed E-state index contributed by atoms with van der Waals surface area (Å²) in [6, 6.07) is 19.2. The lowest BCUT2D eigenvalue weighted by molar-refractivity contribution is -0.133. The molecule has 1 atom stereocenters. The van der Waals surface area contributed by atoms with E-state index in [0.29, 0.717) is 6.42 Å². The SMILES string of the molecule is CC(=O)NC(Cc1ccccc1)(C(=S)ONC(=O)C1CCCCC1)c1ccccc1. The first-order chi connectivity index (χ1) is 14.5. The zero-order valence-corrected chi connectivity index (χ0v) is 18.0. The largest absolute Gasteiger partial charge is 0.369 e. The predicted octanol–water partition coefficient (Wildman–Crippen LogP) is 4.22. The molecule has 0 spiro atoms. The molecule has 1 aliphatic carbocycles. The van der Waals surface area contributed by atoms with E-state index in [1.807, 2.05) is 60.7 Å². The number of amides is 2. The molecule has 2 aromatic rings. The van der Waals surface area contributed by atoms with Crippen LogP contribution < -0.4 is 10.8 Å². The fraction of sp³-hybridized carbons (Fsp3) is 0.375. The molecule has 3 rings (SSSR count). The lowest BCUT2D eigenvalue weighted by atomic mass is 9.84. The van der Waals surface area contributed by atoms with Crippen molar-refractivity contribution in [2.75, 3.05) is 0 Å². The third-order valence-corrected chi connectivity index (χ3v) is 5.97. The van der Waals surface area contributed by atoms with E-state index < -0.39 is 5.54 Å². The van der Waals surface area contributed by atoms with E-state index in [-0.39, 0.29) is 22.8 Å². The Balaban J connectivity index is 1.87. The predicted molar refractivity (Wildman–Crippen MR) is 120 cm³/mol. The first kappa shape index (κ1) is 22.0. The monoisotopic (exact) mass is 424 g/mol. The van der Waals surface area contributed by atoms with Gasteiger partial charge in [-0.2, -0.15) is 5.48 Å². The second-order valence-corrected chi connectivity index (χ2v) is 8.18. The van der Waals surface area contributed by atoms with Crippen molar-refractivity contribution < 1.29 is 14.4 Å². The number of hydrogen-bond donors (Lipinski definition) is 2. The lowest BCUT2D eigenvalue weighted by Gasteiger charge is -2.35. The topological polar surface area (TPSA) is 67.4 Å². The summed E-state index contributed by atoms with van der Waals surface area (Å²) >= 11 is 5.66. The summed E-state index contributed by atoms with van der Waals surface area (Å²) in [5, 5.41) is 3.11. The van der Waals surface area contributed by atoms with Crippen LogP contribution in [0.15, 0.2) is 60.7 Å². The summed E-state index contributed by atoms with van der Waals surface area (Å²) < 4.78 is 0. The fourth-order valence-electron chi connectivity index (χ4n) is 4.02. The molecule has 1 saturated carbocycles. The highest BCUT2D eigenvalue weighted by atomic mass is 32.1. The van der Waals surface area contributed by atoms with Crippen molar-refractivity contribution in [3.05, 3.63) is 71.8 Å². The second-order valence-electron chi connectivity index (χ2n) is 7.81. The number of hydrogen-bond acceptors (Lipinski definition) is 4. The number of benzene rings is 2. The zero-order chi connectivity index (χ0) is 21.4. The van der Waals surface area contributed by atoms with Crippen molar-refractivity contribution >= 4 is 29.1 Å². The minimum absolute atomic E-state index is 0.0532. The Bertz CT molecular complexity index is 867. The van der Waals surface area contributed by atoms with E-state index in [1.54, 1.807) is 0 Å². The van der Waals surface area contributed by atoms with E-state index in [1.165, 1.54) is 13.3 Å². The molecule has 158 valence electrons. The average molecular weight is 425 g/mol. The molecule has 0 aromatic heterocycles. The van der Waals surface area contributed by atoms with Crippen LogP contribution >= 0.6 is 12.2 Å². The average Bonchev–Trinajstić information content (AvgIpc) is 2.78. The lowest BCUT2D eigenvalue weighted by Crippen LogP contribution is -2.54. The van der Waals surface area contributed by atoms with E-state index >= 15 is 0 Å². The molecular weight excluding hydrogens is 396 g/mol. The third kappa shape index (κ3) is 5.45. The Morgan fingerprint density at radius 2 is 1.60 bits per heavy atom. The van der Waals surface area contributed by atoms with E-state index in [2.05, 4.69) is 10.8 Å². The van der Waals surface area contributed by atoms with Gasteiger partial charge in [0.05, 0.1) is 0 Å². The van der Waals surface area contributed by atoms with Crippen molar-refractivity contribution in [2.24, 2.45) is 5.92 Å². The van der Waals surface area contributed by atoms with Gasteiger partial charge >= 0.3 is 0 Å². The minimum atomic E-state index is -1.09. The molecule has 2 aromatic carbocycles. The van der Waals surface area contributed by atoms with Crippen LogP contribution in [0.4, 0.5) is 0 Å². The summed E-state index contributed by atoms with van der Waals surface area (Å²) in [6.07, 6.45) is 5.39. The number of carbonyl (C=O) groups excluding carboxylic acids is 2. The van der Waals surface area contributed by atoms with E-state index in [0.717, 1.165) is 36.8 Å². The standard InChI is InChI=1S/C24H28N2O3S/c1-18(27)25-24(21-15-9-4-10-16-21,17-19-11-5-2-6-12-19)23(30)29-26-22(28)20-13-7-3-8-14-20/h2,4-6,9-12,15-16,20H,3,7-8,13-14,17H2,1H3,(H,25,27)(H,26,28). The number of carbonyl (C=O) groups is 2. The van der Waals surface area contributed by atoms with Gasteiger partial charge < -0.3 is 10.2 Å². The van der Waals surface area contributed by atoms with Crippen LogP contribution in [0.2, 0.25) is 0 Å². The highest BCUT2D eigenvalue weighted by Crippen LogP contribution is 2.29. The van der Waals surface area contributed by atoms with Crippen LogP contribution in [0, 0.1) is 5.92 Å². The van der Waals surface area contributed by atoms with Gasteiger partial charge in [-0.1, -0.05) is 79.9 Å². The van der Waals surface area contributed by atoms with Crippen molar-refractivity contribution in [1.29, 1.82) is 0 Å². The minimum Gasteiger partial charge on any atom is -0.369 e. The van der Waals surface area contributed by atoms with Crippen molar-refractivity contribution in [2.45, 2.75) is 51.0 Å². The highest BCUT2D eigenvalue weighted by molar-refractivity contribution is 7.80. The molecule has 0 heterocycles. The molecule has 0 aliphatic heterocycles. The molecule has 30 heavy (non-hydrogen) atoms. The number of thiocarbonyl (C=S) groups is 1. The molecule has 0 radical (unpaired) electrons. The Kier molecular flexibility index (Phi) is 7.57. The van der Waals surface area contributed by atoms with E-state index in [4.69, 9.17) is 17.1 Å². The molecule has 0 saturated heterocycles. The van der Waals surface area contributed by atoms with Gasteiger partial charge in [-0.3, -0.25) is 9.59 Å². The normalized spacial score (nSPS) is 16.2. The van der Waals surface area contributed by atoms with Gasteiger partial charge in [0.25, 0.3) is 5.91 Å². The Labute approximate surface area is 183 Å². The van der Waals surface area contributed by atoms with Crippen LogP contribution in [0.5, 0.6) is 0 Å². The van der Waals surface area contributed by atoms with Crippen molar-refractivity contribution in [1.82, 2.24) is 10.8 Å². The molecule has 1 fully saturated rings. The van der Waals surface area contributed by atoms with Gasteiger partial charge in [-0.25, -0.2) is 0 Å². The second kappa shape index (κ2) is 10.3. The molecule has 0 bridgehead atoms. The quantitative estimate of drug-likeness (QED) is 0.538. The summed E-state index contributed by atoms with van der Waals surface area (Å²) in [7, 11) is 0. The number of rotatable bonds is 6. The van der Waals surface area contributed by atoms with Crippen LogP contribution in [-0.2, 0) is 26.4 Å². The van der Waals surface area contributed by atoms with Crippen LogP contribution in [0.1, 0.15) is 50.2 Å². The molecule has 1 unspecified atom stereocenters. The van der Waals surface area contributed by atoms with Gasteiger partial charge in [0.15, 0.2) is 0 Å². The van der Waals surface area contributed by atoms with Crippen molar-refractivity contribution in [3.8, 4) is 0 Å². The summed E-state index contributed by atoms with van der Waals surface area (Å²) in [6.45, 7) is 1.45. The maximum Gasteiger partial charge on any atom is 0.255 e. The maximum atomic E-state index is 12.6. The van der Waals surface area contributed by atoms with Crippen molar-refractivity contribution in [3.63, 3.8) is 0 Å². The maximum absolute atomic E-state index is 12.6. The first-order valence-corrected chi connectivity index (χ1v) is 10.8. The fourth-order valence-corrected chi connectivity index (χ4v) is 4.30. The smallest absolute Gasteiger partial charge is 0.255 e. The van der Waals surface area contributed by atoms with Gasteiger partial charge in [0.1, 0.15) is 5.54 Å². The Morgan fingerprint density at radius 3 is 2.20 bits per heavy atom. The summed E-state index contributed by atoms with van der Waals surface area (Å²) in [5.74, 6) is -0.441. The van der Waals surface area contributed by atoms with Crippen LogP contribution in [-0.4, -0.2) is 16.9 Å². The van der Waals surface area contributed by atoms with Gasteiger partial charge in [0.2, 0.25) is 11.0 Å². The molecule has 6 heteroatoms. The highest BCUT2D eigenvalue weighted by Gasteiger charge is 2.40. The van der Waals surface area contributed by atoms with Gasteiger partial charge in [-0.05, 0) is 36.2 Å². The van der Waals surface area contributed by atoms with Gasteiger partial charge in [0, 0.05) is 19.3 Å². The number of nitrogens with one attached hydrogen (secondary N) is 2. The van der Waals surface area contributed by atoms with Crippen LogP contribution in [0.3, 0.4) is 0 Å². The molecule has 5 nitrogen and oxygen atoms in total. The molecule has 1 aliphatic rings. The van der Waals surface area contributed by atoms with Gasteiger partial charge in [-0.15, -0.1) is 0 Å². The molecular formula is C24H28N2O3S. The van der Waals surface area contributed by atoms with E-state index in [9.17, 15) is 9.59 Å². The first-order valence-electron chi connectivity index (χ1n) is 10.4.